The van der Waals surface area contributed by atoms with Crippen molar-refractivity contribution < 1.29 is 28.4 Å². The van der Waals surface area contributed by atoms with Crippen molar-refractivity contribution in [2.24, 2.45) is 7.05 Å². The van der Waals surface area contributed by atoms with E-state index in [1.807, 2.05) is 39.8 Å². The molecule has 0 aliphatic carbocycles. The zero-order valence-corrected chi connectivity index (χ0v) is 20.5. The molecule has 0 spiro atoms. The summed E-state index contributed by atoms with van der Waals surface area (Å²) in [6, 6.07) is 12.5. The number of esters is 1. The van der Waals surface area contributed by atoms with E-state index in [1.165, 1.54) is 6.92 Å². The monoisotopic (exact) mass is 464 g/mol. The van der Waals surface area contributed by atoms with Gasteiger partial charge in [0.15, 0.2) is 0 Å². The van der Waals surface area contributed by atoms with E-state index in [1.54, 1.807) is 49.1 Å². The van der Waals surface area contributed by atoms with Gasteiger partial charge in [-0.05, 0) is 63.5 Å². The third-order valence-electron chi connectivity index (χ3n) is 6.53. The number of carbonyl (C=O) groups excluding carboxylic acids is 2. The summed E-state index contributed by atoms with van der Waals surface area (Å²) >= 11 is 0. The Kier molecular flexibility index (Phi) is 5.95. The molecule has 178 valence electrons. The number of hydrogen-bond acceptors (Lipinski definition) is 6. The van der Waals surface area contributed by atoms with Crippen LogP contribution in [0.2, 0.25) is 0 Å². The highest BCUT2D eigenvalue weighted by Crippen LogP contribution is 2.37. The van der Waals surface area contributed by atoms with Crippen molar-refractivity contribution in [1.29, 1.82) is 0 Å². The molecule has 0 atom stereocenters. The van der Waals surface area contributed by atoms with Crippen LogP contribution in [0.1, 0.15) is 45.1 Å². The van der Waals surface area contributed by atoms with Crippen LogP contribution in [0.4, 0.5) is 5.69 Å². The number of fused-ring (bicyclic) bond motifs is 1. The second-order valence-corrected chi connectivity index (χ2v) is 9.37. The van der Waals surface area contributed by atoms with Crippen LogP contribution in [0.25, 0.3) is 10.9 Å². The van der Waals surface area contributed by atoms with Crippen molar-refractivity contribution in [3.05, 3.63) is 48.2 Å². The average Bonchev–Trinajstić information content (AvgIpc) is 3.21. The molecule has 1 saturated heterocycles. The molecule has 1 aromatic heterocycles. The van der Waals surface area contributed by atoms with E-state index in [2.05, 4.69) is 5.32 Å². The Morgan fingerprint density at radius 2 is 1.68 bits per heavy atom. The first kappa shape index (κ1) is 23.8. The SMILES string of the molecule is COc1cc(B2OC(C)(C)C(C)(C)O2)ccc1NC(=O)c1cc2c(OC(C)=O)cccc2n1C. The molecule has 4 rings (SSSR count). The van der Waals surface area contributed by atoms with Gasteiger partial charge in [0.1, 0.15) is 17.2 Å². The van der Waals surface area contributed by atoms with Gasteiger partial charge in [-0.2, -0.15) is 0 Å². The fourth-order valence-corrected chi connectivity index (χ4v) is 3.92. The van der Waals surface area contributed by atoms with Gasteiger partial charge in [0.25, 0.3) is 5.91 Å². The molecular formula is C25H29BN2O6. The van der Waals surface area contributed by atoms with Crippen LogP contribution in [-0.2, 0) is 21.2 Å². The largest absolute Gasteiger partial charge is 0.495 e. The van der Waals surface area contributed by atoms with Crippen LogP contribution in [0, 0.1) is 0 Å². The normalized spacial score (nSPS) is 16.5. The van der Waals surface area contributed by atoms with Crippen molar-refractivity contribution in [3.8, 4) is 11.5 Å². The zero-order chi connectivity index (χ0) is 24.8. The Hall–Kier alpha value is -3.30. The van der Waals surface area contributed by atoms with E-state index in [9.17, 15) is 9.59 Å². The maximum atomic E-state index is 13.2. The van der Waals surface area contributed by atoms with Gasteiger partial charge in [-0.3, -0.25) is 9.59 Å². The van der Waals surface area contributed by atoms with Crippen molar-refractivity contribution in [1.82, 2.24) is 4.57 Å². The van der Waals surface area contributed by atoms with E-state index in [0.29, 0.717) is 28.3 Å². The molecule has 1 N–H and O–H groups in total. The zero-order valence-electron chi connectivity index (χ0n) is 20.5. The summed E-state index contributed by atoms with van der Waals surface area (Å²) in [5, 5.41) is 3.59. The molecule has 0 bridgehead atoms. The Labute approximate surface area is 199 Å². The van der Waals surface area contributed by atoms with E-state index in [0.717, 1.165) is 11.0 Å². The minimum atomic E-state index is -0.540. The molecule has 1 aliphatic rings. The molecule has 1 fully saturated rings. The van der Waals surface area contributed by atoms with E-state index >= 15 is 0 Å². The highest BCUT2D eigenvalue weighted by Gasteiger charge is 2.51. The molecule has 3 aromatic rings. The average molecular weight is 464 g/mol. The topological polar surface area (TPSA) is 88.0 Å². The predicted molar refractivity (Wildman–Crippen MR) is 131 cm³/mol. The molecule has 2 heterocycles. The molecule has 0 saturated carbocycles. The molecule has 2 aromatic carbocycles. The lowest BCUT2D eigenvalue weighted by Gasteiger charge is -2.32. The summed E-state index contributed by atoms with van der Waals surface area (Å²) in [5.74, 6) is 0.146. The van der Waals surface area contributed by atoms with Crippen molar-refractivity contribution >= 4 is 41.0 Å². The quantitative estimate of drug-likeness (QED) is 0.352. The summed E-state index contributed by atoms with van der Waals surface area (Å²) < 4.78 is 24.8. The van der Waals surface area contributed by atoms with Crippen LogP contribution in [0.3, 0.4) is 0 Å². The van der Waals surface area contributed by atoms with E-state index in [-0.39, 0.29) is 5.91 Å². The third-order valence-corrected chi connectivity index (χ3v) is 6.53. The number of methoxy groups -OCH3 is 1. The number of benzene rings is 2. The molecule has 0 unspecified atom stereocenters. The fourth-order valence-electron chi connectivity index (χ4n) is 3.92. The molecule has 8 nitrogen and oxygen atoms in total. The van der Waals surface area contributed by atoms with Gasteiger partial charge in [-0.25, -0.2) is 0 Å². The standard InChI is InChI=1S/C25H29BN2O6/c1-15(29)32-21-10-8-9-19-17(21)14-20(28(19)6)23(30)27-18-12-11-16(13-22(18)31-7)26-33-24(2,3)25(4,5)34-26/h8-14H,1-7H3,(H,27,30). The summed E-state index contributed by atoms with van der Waals surface area (Å²) in [4.78, 5) is 24.6. The van der Waals surface area contributed by atoms with Crippen LogP contribution in [-0.4, -0.2) is 41.9 Å². The maximum absolute atomic E-state index is 13.2. The third kappa shape index (κ3) is 4.17. The lowest BCUT2D eigenvalue weighted by atomic mass is 9.79. The lowest BCUT2D eigenvalue weighted by molar-refractivity contribution is -0.131. The molecular weight excluding hydrogens is 435 g/mol. The number of nitrogens with zero attached hydrogens (tertiary/aromatic N) is 1. The van der Waals surface area contributed by atoms with Gasteiger partial charge in [0.05, 0.1) is 29.5 Å². The minimum Gasteiger partial charge on any atom is -0.495 e. The lowest BCUT2D eigenvalue weighted by Crippen LogP contribution is -2.41. The van der Waals surface area contributed by atoms with Crippen LogP contribution in [0.15, 0.2) is 42.5 Å². The Morgan fingerprint density at radius 1 is 1.00 bits per heavy atom. The highest BCUT2D eigenvalue weighted by atomic mass is 16.7. The smallest absolute Gasteiger partial charge is 0.494 e. The number of carbonyl (C=O) groups is 2. The van der Waals surface area contributed by atoms with Gasteiger partial charge >= 0.3 is 13.1 Å². The first-order valence-corrected chi connectivity index (χ1v) is 11.1. The van der Waals surface area contributed by atoms with Gasteiger partial charge in [-0.15, -0.1) is 0 Å². The number of nitrogens with one attached hydrogen (secondary N) is 1. The number of anilines is 1. The van der Waals surface area contributed by atoms with Gasteiger partial charge in [0, 0.05) is 19.4 Å². The number of ether oxygens (including phenoxy) is 2. The molecule has 0 radical (unpaired) electrons. The first-order valence-electron chi connectivity index (χ1n) is 11.1. The number of aryl methyl sites for hydroxylation is 1. The molecule has 1 aliphatic heterocycles. The van der Waals surface area contributed by atoms with Gasteiger partial charge < -0.3 is 28.7 Å². The van der Waals surface area contributed by atoms with Gasteiger partial charge in [0.2, 0.25) is 0 Å². The van der Waals surface area contributed by atoms with Crippen LogP contribution in [0.5, 0.6) is 11.5 Å². The van der Waals surface area contributed by atoms with E-state index < -0.39 is 24.3 Å². The first-order chi connectivity index (χ1) is 15.9. The van der Waals surface area contributed by atoms with Crippen molar-refractivity contribution in [2.75, 3.05) is 12.4 Å². The minimum absolute atomic E-state index is 0.325. The Morgan fingerprint density at radius 3 is 2.29 bits per heavy atom. The summed E-state index contributed by atoms with van der Waals surface area (Å²) in [6.45, 7) is 9.32. The van der Waals surface area contributed by atoms with Crippen molar-refractivity contribution in [2.45, 2.75) is 45.8 Å². The number of rotatable bonds is 5. The summed E-state index contributed by atoms with van der Waals surface area (Å²) in [7, 11) is 2.79. The molecule has 34 heavy (non-hydrogen) atoms. The summed E-state index contributed by atoms with van der Waals surface area (Å²) in [5.41, 5.74) is 1.57. The Balaban J connectivity index is 1.61. The molecule has 9 heteroatoms. The number of aromatic nitrogens is 1. The number of hydrogen-bond donors (Lipinski definition) is 1. The van der Waals surface area contributed by atoms with Crippen LogP contribution < -0.4 is 20.3 Å². The van der Waals surface area contributed by atoms with Crippen molar-refractivity contribution in [3.63, 3.8) is 0 Å². The second kappa shape index (κ2) is 8.49. The van der Waals surface area contributed by atoms with Gasteiger partial charge in [-0.1, -0.05) is 12.1 Å². The maximum Gasteiger partial charge on any atom is 0.494 e. The van der Waals surface area contributed by atoms with E-state index in [4.69, 9.17) is 18.8 Å². The second-order valence-electron chi connectivity index (χ2n) is 9.37. The molecule has 1 amide bonds. The highest BCUT2D eigenvalue weighted by molar-refractivity contribution is 6.62. The fraction of sp³-hybridized carbons (Fsp3) is 0.360. The summed E-state index contributed by atoms with van der Waals surface area (Å²) in [6.07, 6.45) is 0. The predicted octanol–water partition coefficient (Wildman–Crippen LogP) is 3.66. The number of amides is 1. The Bertz CT molecular complexity index is 1260. The van der Waals surface area contributed by atoms with Crippen LogP contribution >= 0.6 is 0 Å².